The minimum Gasteiger partial charge on any atom is -0.438 e. The maximum Gasteiger partial charge on any atom is 0.261 e. The number of hydrogen-bond donors (Lipinski definition) is 2. The highest BCUT2D eigenvalue weighted by Gasteiger charge is 2.32. The number of carbonyl (C=O) groups is 1. The van der Waals surface area contributed by atoms with Gasteiger partial charge in [0.05, 0.1) is 5.56 Å². The van der Waals surface area contributed by atoms with E-state index >= 15 is 0 Å². The van der Waals surface area contributed by atoms with E-state index in [0.29, 0.717) is 22.1 Å². The number of nitrogens with one attached hydrogen (secondary N) is 2. The van der Waals surface area contributed by atoms with Gasteiger partial charge in [-0.25, -0.2) is 0 Å². The van der Waals surface area contributed by atoms with Crippen LogP contribution in [-0.2, 0) is 12.8 Å². The van der Waals surface area contributed by atoms with Crippen LogP contribution in [0, 0.1) is 28.1 Å². The molecule has 0 saturated heterocycles. The Kier molecular flexibility index (Phi) is 5.33. The van der Waals surface area contributed by atoms with Gasteiger partial charge in [0.2, 0.25) is 5.55 Å². The molecule has 3 aromatic rings. The molecule has 0 radical (unpaired) electrons. The van der Waals surface area contributed by atoms with Crippen molar-refractivity contribution in [2.24, 2.45) is 11.3 Å². The van der Waals surface area contributed by atoms with Gasteiger partial charge in [-0.05, 0) is 60.4 Å². The first-order valence-corrected chi connectivity index (χ1v) is 11.4. The molecule has 2 heterocycles. The highest BCUT2D eigenvalue weighted by atomic mass is 79.9. The summed E-state index contributed by atoms with van der Waals surface area (Å²) in [5, 5.41) is 22.0. The first-order chi connectivity index (χ1) is 14.2. The number of hydrogen-bond acceptors (Lipinski definition) is 5. The number of amides is 1. The summed E-state index contributed by atoms with van der Waals surface area (Å²) in [5.41, 5.74) is 2.31. The molecule has 5 nitrogen and oxygen atoms in total. The summed E-state index contributed by atoms with van der Waals surface area (Å²) in [5.74, 6) is 0.115. The topological polar surface area (TPSA) is 89.9 Å². The van der Waals surface area contributed by atoms with Crippen molar-refractivity contribution in [2.45, 2.75) is 40.0 Å². The third kappa shape index (κ3) is 3.82. The van der Waals surface area contributed by atoms with E-state index in [2.05, 4.69) is 48.1 Å². The Hall–Kier alpha value is -2.43. The zero-order valence-corrected chi connectivity index (χ0v) is 19.5. The number of halogens is 1. The van der Waals surface area contributed by atoms with Gasteiger partial charge in [0.15, 0.2) is 0 Å². The van der Waals surface area contributed by atoms with E-state index in [1.807, 2.05) is 12.1 Å². The highest BCUT2D eigenvalue weighted by molar-refractivity contribution is 9.10. The lowest BCUT2D eigenvalue weighted by atomic mass is 9.72. The van der Waals surface area contributed by atoms with Crippen molar-refractivity contribution < 1.29 is 9.21 Å². The van der Waals surface area contributed by atoms with Gasteiger partial charge in [-0.2, -0.15) is 5.26 Å². The van der Waals surface area contributed by atoms with Gasteiger partial charge in [-0.1, -0.05) is 36.7 Å². The number of carbonyl (C=O) groups excluding carboxylic acids is 1. The first kappa shape index (κ1) is 20.8. The zero-order chi connectivity index (χ0) is 21.6. The van der Waals surface area contributed by atoms with Gasteiger partial charge in [-0.3, -0.25) is 10.2 Å². The molecule has 0 fully saturated rings. The Morgan fingerprint density at radius 3 is 2.83 bits per heavy atom. The molecule has 4 rings (SSSR count). The third-order valence-corrected chi connectivity index (χ3v) is 7.46. The number of nitrogens with zero attached hydrogens (tertiary/aromatic N) is 1. The van der Waals surface area contributed by atoms with Crippen LogP contribution in [0.15, 0.2) is 33.2 Å². The molecular formula is C23H22BrN3O2S. The molecule has 1 aliphatic carbocycles. The van der Waals surface area contributed by atoms with Crippen LogP contribution in [0.5, 0.6) is 0 Å². The van der Waals surface area contributed by atoms with Crippen LogP contribution in [0.2, 0.25) is 0 Å². The Morgan fingerprint density at radius 1 is 1.37 bits per heavy atom. The standard InChI is InChI=1S/C23H22BrN3O2S/c1-23(2,3)13-4-6-15-17(11-25)22(30-19(15)10-13)27-21(28)16-9-12-8-14(24)5-7-18(12)29-20(16)26/h5,7-9,13,26H,4,6,10H2,1-3H3,(H,27,28). The Bertz CT molecular complexity index is 1260. The summed E-state index contributed by atoms with van der Waals surface area (Å²) in [6.07, 6.45) is 2.83. The largest absolute Gasteiger partial charge is 0.438 e. The molecule has 1 amide bonds. The Balaban J connectivity index is 1.67. The van der Waals surface area contributed by atoms with Crippen molar-refractivity contribution in [3.8, 4) is 6.07 Å². The van der Waals surface area contributed by atoms with Crippen molar-refractivity contribution in [3.05, 3.63) is 55.9 Å². The quantitative estimate of drug-likeness (QED) is 0.467. The van der Waals surface area contributed by atoms with Crippen molar-refractivity contribution in [1.82, 2.24) is 0 Å². The fourth-order valence-corrected chi connectivity index (χ4v) is 5.63. The second-order valence-corrected chi connectivity index (χ2v) is 10.8. The molecule has 1 unspecified atom stereocenters. The number of benzene rings is 1. The maximum absolute atomic E-state index is 13.0. The van der Waals surface area contributed by atoms with Crippen LogP contribution in [0.3, 0.4) is 0 Å². The van der Waals surface area contributed by atoms with Crippen molar-refractivity contribution in [3.63, 3.8) is 0 Å². The minimum atomic E-state index is -0.437. The summed E-state index contributed by atoms with van der Waals surface area (Å²) in [6.45, 7) is 6.75. The molecule has 0 spiro atoms. The van der Waals surface area contributed by atoms with Gasteiger partial charge >= 0.3 is 0 Å². The monoisotopic (exact) mass is 483 g/mol. The normalized spacial score (nSPS) is 16.2. The molecule has 2 aromatic heterocycles. The van der Waals surface area contributed by atoms with E-state index in [1.165, 1.54) is 16.2 Å². The Morgan fingerprint density at radius 2 is 2.13 bits per heavy atom. The lowest BCUT2D eigenvalue weighted by Gasteiger charge is -2.33. The predicted octanol–water partition coefficient (Wildman–Crippen LogP) is 6.01. The van der Waals surface area contributed by atoms with E-state index in [-0.39, 0.29) is 16.5 Å². The van der Waals surface area contributed by atoms with Gasteiger partial charge in [0, 0.05) is 14.7 Å². The molecule has 1 atom stereocenters. The lowest BCUT2D eigenvalue weighted by molar-refractivity contribution is 0.102. The summed E-state index contributed by atoms with van der Waals surface area (Å²) in [4.78, 5) is 14.1. The van der Waals surface area contributed by atoms with Crippen LogP contribution >= 0.6 is 27.3 Å². The minimum absolute atomic E-state index is 0.142. The van der Waals surface area contributed by atoms with Gasteiger partial charge in [-0.15, -0.1) is 11.3 Å². The number of nitriles is 1. The Labute approximate surface area is 187 Å². The SMILES string of the molecule is CC(C)(C)C1CCc2c(sc(NC(=O)c3cc4cc(Br)ccc4oc3=N)c2C#N)C1. The van der Waals surface area contributed by atoms with E-state index in [9.17, 15) is 10.1 Å². The second kappa shape index (κ2) is 7.68. The lowest BCUT2D eigenvalue weighted by Crippen LogP contribution is -2.26. The highest BCUT2D eigenvalue weighted by Crippen LogP contribution is 2.44. The fraction of sp³-hybridized carbons (Fsp3) is 0.348. The molecule has 7 heteroatoms. The number of rotatable bonds is 2. The third-order valence-electron chi connectivity index (χ3n) is 5.80. The van der Waals surface area contributed by atoms with Gasteiger partial charge in [0.1, 0.15) is 22.2 Å². The zero-order valence-electron chi connectivity index (χ0n) is 17.1. The van der Waals surface area contributed by atoms with Crippen LogP contribution < -0.4 is 10.9 Å². The van der Waals surface area contributed by atoms with Gasteiger partial charge in [0.25, 0.3) is 5.91 Å². The first-order valence-electron chi connectivity index (χ1n) is 9.81. The van der Waals surface area contributed by atoms with Gasteiger partial charge < -0.3 is 9.73 Å². The molecule has 0 bridgehead atoms. The molecule has 2 N–H and O–H groups in total. The average molecular weight is 484 g/mol. The number of fused-ring (bicyclic) bond motifs is 2. The average Bonchev–Trinajstić information content (AvgIpc) is 3.03. The van der Waals surface area contributed by atoms with Crippen LogP contribution in [-0.4, -0.2) is 5.91 Å². The number of anilines is 1. The summed E-state index contributed by atoms with van der Waals surface area (Å²) >= 11 is 4.90. The van der Waals surface area contributed by atoms with Crippen LogP contribution in [0.1, 0.15) is 53.6 Å². The van der Waals surface area contributed by atoms with E-state index < -0.39 is 5.91 Å². The molecule has 0 saturated carbocycles. The van der Waals surface area contributed by atoms with Crippen LogP contribution in [0.25, 0.3) is 11.0 Å². The summed E-state index contributed by atoms with van der Waals surface area (Å²) in [6, 6.07) is 9.35. The van der Waals surface area contributed by atoms with E-state index in [0.717, 1.165) is 34.7 Å². The van der Waals surface area contributed by atoms with E-state index in [1.54, 1.807) is 12.1 Å². The second-order valence-electron chi connectivity index (χ2n) is 8.75. The molecular weight excluding hydrogens is 462 g/mol. The summed E-state index contributed by atoms with van der Waals surface area (Å²) in [7, 11) is 0. The van der Waals surface area contributed by atoms with Crippen LogP contribution in [0.4, 0.5) is 5.00 Å². The molecule has 30 heavy (non-hydrogen) atoms. The maximum atomic E-state index is 13.0. The van der Waals surface area contributed by atoms with Crippen molar-refractivity contribution in [1.29, 1.82) is 10.7 Å². The molecule has 0 aliphatic heterocycles. The molecule has 1 aliphatic rings. The molecule has 154 valence electrons. The fourth-order valence-electron chi connectivity index (χ4n) is 3.98. The number of thiophene rings is 1. The summed E-state index contributed by atoms with van der Waals surface area (Å²) < 4.78 is 6.38. The predicted molar refractivity (Wildman–Crippen MR) is 122 cm³/mol. The van der Waals surface area contributed by atoms with Crippen molar-refractivity contribution in [2.75, 3.05) is 5.32 Å². The van der Waals surface area contributed by atoms with E-state index in [4.69, 9.17) is 9.83 Å². The van der Waals surface area contributed by atoms with Crippen molar-refractivity contribution >= 4 is 49.1 Å². The smallest absolute Gasteiger partial charge is 0.261 e. The molecule has 1 aromatic carbocycles.